The van der Waals surface area contributed by atoms with Crippen LogP contribution in [-0.2, 0) is 22.6 Å². The minimum absolute atomic E-state index is 0.0308. The Morgan fingerprint density at radius 1 is 0.846 bits per heavy atom. The van der Waals surface area contributed by atoms with E-state index in [-0.39, 0.29) is 36.9 Å². The molecule has 4 aromatic carbocycles. The van der Waals surface area contributed by atoms with Gasteiger partial charge in [-0.3, -0.25) is 19.3 Å². The molecule has 0 spiro atoms. The first kappa shape index (κ1) is 26.2. The van der Waals surface area contributed by atoms with Gasteiger partial charge in [0.25, 0.3) is 5.91 Å². The summed E-state index contributed by atoms with van der Waals surface area (Å²) in [6.07, 6.45) is 1.15. The van der Waals surface area contributed by atoms with Gasteiger partial charge in [-0.25, -0.2) is 0 Å². The first-order chi connectivity index (χ1) is 19.0. The Morgan fingerprint density at radius 2 is 1.49 bits per heavy atom. The quantitative estimate of drug-likeness (QED) is 0.307. The number of hydrogen-bond donors (Lipinski definition) is 1. The van der Waals surface area contributed by atoms with E-state index in [1.54, 1.807) is 15.9 Å². The van der Waals surface area contributed by atoms with Crippen LogP contribution in [0.2, 0.25) is 0 Å². The number of nitrogens with zero attached hydrogens (tertiary/aromatic N) is 2. The van der Waals surface area contributed by atoms with E-state index in [0.717, 1.165) is 34.0 Å². The lowest BCUT2D eigenvalue weighted by atomic mass is 10.0. The molecule has 4 aromatic rings. The Bertz CT molecular complexity index is 1480. The molecular formula is C33H33N3O3. The van der Waals surface area contributed by atoms with Gasteiger partial charge in [-0.1, -0.05) is 91.9 Å². The summed E-state index contributed by atoms with van der Waals surface area (Å²) in [6, 6.07) is 30.0. The normalized spacial score (nSPS) is 13.8. The minimum Gasteiger partial charge on any atom is -0.352 e. The molecule has 0 saturated carbocycles. The molecule has 2 atom stereocenters. The van der Waals surface area contributed by atoms with Crippen LogP contribution in [0.5, 0.6) is 0 Å². The molecule has 1 aliphatic heterocycles. The minimum atomic E-state index is -0.745. The van der Waals surface area contributed by atoms with Gasteiger partial charge in [-0.2, -0.15) is 0 Å². The van der Waals surface area contributed by atoms with Gasteiger partial charge in [0.05, 0.1) is 5.69 Å². The fraction of sp³-hybridized carbons (Fsp3) is 0.242. The van der Waals surface area contributed by atoms with Gasteiger partial charge in [0.2, 0.25) is 11.8 Å². The Morgan fingerprint density at radius 3 is 2.15 bits per heavy atom. The largest absolute Gasteiger partial charge is 0.352 e. The fourth-order valence-corrected chi connectivity index (χ4v) is 5.14. The molecule has 0 saturated heterocycles. The van der Waals surface area contributed by atoms with Gasteiger partial charge in [0.15, 0.2) is 0 Å². The number of amides is 3. The number of benzene rings is 4. The van der Waals surface area contributed by atoms with E-state index in [0.29, 0.717) is 12.0 Å². The summed E-state index contributed by atoms with van der Waals surface area (Å²) in [7, 11) is 0. The summed E-state index contributed by atoms with van der Waals surface area (Å²) >= 11 is 0. The molecule has 0 aliphatic carbocycles. The lowest BCUT2D eigenvalue weighted by molar-refractivity contribution is -0.140. The van der Waals surface area contributed by atoms with E-state index in [1.807, 2.05) is 105 Å². The summed E-state index contributed by atoms with van der Waals surface area (Å²) in [5, 5.41) is 4.92. The van der Waals surface area contributed by atoms with Gasteiger partial charge in [0.1, 0.15) is 12.6 Å². The maximum absolute atomic E-state index is 14.2. The average Bonchev–Trinajstić information content (AvgIpc) is 3.23. The van der Waals surface area contributed by atoms with Crippen molar-refractivity contribution in [2.75, 3.05) is 11.4 Å². The van der Waals surface area contributed by atoms with E-state index in [2.05, 4.69) is 5.32 Å². The highest BCUT2D eigenvalue weighted by molar-refractivity contribution is 6.26. The third-order valence-electron chi connectivity index (χ3n) is 7.41. The van der Waals surface area contributed by atoms with Crippen LogP contribution in [0.15, 0.2) is 97.1 Å². The van der Waals surface area contributed by atoms with E-state index >= 15 is 0 Å². The topological polar surface area (TPSA) is 69.7 Å². The first-order valence-corrected chi connectivity index (χ1v) is 13.5. The molecule has 6 heteroatoms. The van der Waals surface area contributed by atoms with E-state index in [4.69, 9.17) is 0 Å². The van der Waals surface area contributed by atoms with E-state index in [9.17, 15) is 14.4 Å². The summed E-state index contributed by atoms with van der Waals surface area (Å²) < 4.78 is 0. The van der Waals surface area contributed by atoms with Crippen LogP contribution in [0.4, 0.5) is 5.69 Å². The van der Waals surface area contributed by atoms with Crippen molar-refractivity contribution in [2.24, 2.45) is 0 Å². The molecule has 0 radical (unpaired) electrons. The number of carbonyl (C=O) groups excluding carboxylic acids is 3. The molecule has 0 aromatic heterocycles. The van der Waals surface area contributed by atoms with Crippen LogP contribution >= 0.6 is 0 Å². The predicted octanol–water partition coefficient (Wildman–Crippen LogP) is 5.35. The number of hydrogen-bond acceptors (Lipinski definition) is 3. The zero-order valence-electron chi connectivity index (χ0n) is 22.3. The molecule has 39 heavy (non-hydrogen) atoms. The van der Waals surface area contributed by atoms with Crippen molar-refractivity contribution in [3.8, 4) is 0 Å². The highest BCUT2D eigenvalue weighted by atomic mass is 16.2. The smallest absolute Gasteiger partial charge is 0.259 e. The van der Waals surface area contributed by atoms with Crippen LogP contribution in [0.25, 0.3) is 10.8 Å². The third kappa shape index (κ3) is 5.55. The van der Waals surface area contributed by atoms with Crippen LogP contribution in [0.1, 0.15) is 41.8 Å². The molecule has 1 heterocycles. The summed E-state index contributed by atoms with van der Waals surface area (Å²) in [6.45, 7) is 4.08. The number of anilines is 1. The van der Waals surface area contributed by atoms with Crippen LogP contribution < -0.4 is 10.2 Å². The molecule has 3 amide bonds. The monoisotopic (exact) mass is 519 g/mol. The number of nitrogens with one attached hydrogen (secondary N) is 1. The predicted molar refractivity (Wildman–Crippen MR) is 154 cm³/mol. The highest BCUT2D eigenvalue weighted by Crippen LogP contribution is 2.37. The van der Waals surface area contributed by atoms with Crippen molar-refractivity contribution in [1.29, 1.82) is 0 Å². The molecule has 1 aliphatic rings. The maximum Gasteiger partial charge on any atom is 0.259 e. The summed E-state index contributed by atoms with van der Waals surface area (Å²) in [4.78, 5) is 44.5. The van der Waals surface area contributed by atoms with Crippen LogP contribution in [-0.4, -0.2) is 41.2 Å². The molecule has 0 unspecified atom stereocenters. The Hall–Kier alpha value is -4.45. The van der Waals surface area contributed by atoms with Crippen molar-refractivity contribution in [1.82, 2.24) is 10.2 Å². The lowest BCUT2D eigenvalue weighted by Gasteiger charge is -2.33. The lowest BCUT2D eigenvalue weighted by Crippen LogP contribution is -2.54. The average molecular weight is 520 g/mol. The van der Waals surface area contributed by atoms with Crippen molar-refractivity contribution in [2.45, 2.75) is 45.3 Å². The SMILES string of the molecule is CC[C@H](C)NC(=O)[C@@H](Cc1ccccc1)N(Cc1ccccc1)C(=O)CN1C(=O)c2cccc3cccc1c23. The third-order valence-corrected chi connectivity index (χ3v) is 7.41. The molecule has 5 rings (SSSR count). The van der Waals surface area contributed by atoms with Crippen molar-refractivity contribution in [3.63, 3.8) is 0 Å². The second-order valence-electron chi connectivity index (χ2n) is 10.1. The molecule has 0 fully saturated rings. The standard InChI is InChI=1S/C33H33N3O3/c1-3-23(2)34-32(38)29(20-24-12-6-4-7-13-24)35(21-25-14-8-5-9-15-25)30(37)22-36-28-19-11-17-26-16-10-18-27(31(26)28)33(36)39/h4-19,23,29H,3,20-22H2,1-2H3,(H,34,38)/t23-,29+/m0/s1. The Labute approximate surface area is 229 Å². The molecule has 6 nitrogen and oxygen atoms in total. The van der Waals surface area contributed by atoms with Crippen molar-refractivity contribution < 1.29 is 14.4 Å². The molecule has 1 N–H and O–H groups in total. The van der Waals surface area contributed by atoms with Gasteiger partial charge in [0, 0.05) is 30.0 Å². The first-order valence-electron chi connectivity index (χ1n) is 13.5. The van der Waals surface area contributed by atoms with Crippen molar-refractivity contribution >= 4 is 34.2 Å². The highest BCUT2D eigenvalue weighted by Gasteiger charge is 2.36. The van der Waals surface area contributed by atoms with Gasteiger partial charge < -0.3 is 10.2 Å². The summed E-state index contributed by atoms with van der Waals surface area (Å²) in [5.74, 6) is -0.675. The van der Waals surface area contributed by atoms with Crippen LogP contribution in [0.3, 0.4) is 0 Å². The Kier molecular flexibility index (Phi) is 7.73. The van der Waals surface area contributed by atoms with Gasteiger partial charge >= 0.3 is 0 Å². The fourth-order valence-electron chi connectivity index (χ4n) is 5.14. The van der Waals surface area contributed by atoms with E-state index < -0.39 is 6.04 Å². The van der Waals surface area contributed by atoms with Gasteiger partial charge in [-0.15, -0.1) is 0 Å². The zero-order chi connectivity index (χ0) is 27.4. The second kappa shape index (κ2) is 11.5. The van der Waals surface area contributed by atoms with Crippen molar-refractivity contribution in [3.05, 3.63) is 114 Å². The maximum atomic E-state index is 14.2. The zero-order valence-corrected chi connectivity index (χ0v) is 22.3. The molecule has 198 valence electrons. The molecular weight excluding hydrogens is 486 g/mol. The van der Waals surface area contributed by atoms with Gasteiger partial charge in [-0.05, 0) is 42.0 Å². The van der Waals surface area contributed by atoms with Crippen LogP contribution in [0, 0.1) is 0 Å². The summed E-state index contributed by atoms with van der Waals surface area (Å²) in [5.41, 5.74) is 3.20. The van der Waals surface area contributed by atoms with E-state index in [1.165, 1.54) is 0 Å². The molecule has 0 bridgehead atoms. The second-order valence-corrected chi connectivity index (χ2v) is 10.1. The number of rotatable bonds is 10. The number of carbonyl (C=O) groups is 3. The Balaban J connectivity index is 1.50.